The maximum Gasteiger partial charge on any atom is 0.326 e. The monoisotopic (exact) mass is 499 g/mol. The number of aliphatic hydroxyl groups is 1. The summed E-state index contributed by atoms with van der Waals surface area (Å²) in [4.78, 5) is 77.5. The fraction of sp³-hybridized carbons (Fsp3) is 0.526. The van der Waals surface area contributed by atoms with E-state index >= 15 is 0 Å². The Bertz CT molecular complexity index is 920. The van der Waals surface area contributed by atoms with Crippen molar-refractivity contribution in [2.24, 2.45) is 11.5 Å². The highest BCUT2D eigenvalue weighted by Crippen LogP contribution is 2.05. The lowest BCUT2D eigenvalue weighted by atomic mass is 10.1. The number of imidazole rings is 1. The molecule has 16 heteroatoms. The Balaban J connectivity index is 3.03. The first-order chi connectivity index (χ1) is 16.3. The number of hydrogen-bond donors (Lipinski definition) is 9. The van der Waals surface area contributed by atoms with Crippen molar-refractivity contribution in [2.75, 3.05) is 0 Å². The third-order valence-corrected chi connectivity index (χ3v) is 4.69. The summed E-state index contributed by atoms with van der Waals surface area (Å²) < 4.78 is 0. The maximum absolute atomic E-state index is 12.8. The number of aromatic nitrogens is 2. The summed E-state index contributed by atoms with van der Waals surface area (Å²) in [7, 11) is 0. The summed E-state index contributed by atoms with van der Waals surface area (Å²) in [5.41, 5.74) is 10.9. The molecule has 5 unspecified atom stereocenters. The molecule has 11 N–H and O–H groups in total. The van der Waals surface area contributed by atoms with E-state index in [9.17, 15) is 39.0 Å². The molecule has 194 valence electrons. The quantitative estimate of drug-likeness (QED) is 0.112. The number of nitrogens with one attached hydrogen (secondary N) is 4. The van der Waals surface area contributed by atoms with E-state index < -0.39 is 85.1 Å². The summed E-state index contributed by atoms with van der Waals surface area (Å²) in [6, 6.07) is -5.96. The van der Waals surface area contributed by atoms with E-state index in [2.05, 4.69) is 25.9 Å². The third-order valence-electron chi connectivity index (χ3n) is 4.69. The number of rotatable bonds is 15. The first-order valence-electron chi connectivity index (χ1n) is 10.4. The van der Waals surface area contributed by atoms with Crippen LogP contribution in [0.2, 0.25) is 0 Å². The molecule has 0 aliphatic heterocycles. The van der Waals surface area contributed by atoms with Gasteiger partial charge in [-0.15, -0.1) is 0 Å². The molecule has 0 bridgehead atoms. The summed E-state index contributed by atoms with van der Waals surface area (Å²) in [5, 5.41) is 34.7. The highest BCUT2D eigenvalue weighted by molar-refractivity contribution is 5.95. The topological polar surface area (TPSA) is 280 Å². The molecule has 1 aromatic rings. The summed E-state index contributed by atoms with van der Waals surface area (Å²) in [5.74, 6) is -6.55. The molecule has 0 fully saturated rings. The van der Waals surface area contributed by atoms with Gasteiger partial charge in [0.05, 0.1) is 24.9 Å². The summed E-state index contributed by atoms with van der Waals surface area (Å²) >= 11 is 0. The number of hydrogen-bond acceptors (Lipinski definition) is 9. The maximum atomic E-state index is 12.8. The number of carbonyl (C=O) groups is 6. The number of carboxylic acids is 2. The predicted octanol–water partition coefficient (Wildman–Crippen LogP) is -4.06. The van der Waals surface area contributed by atoms with Crippen LogP contribution in [0, 0.1) is 0 Å². The van der Waals surface area contributed by atoms with E-state index in [0.717, 1.165) is 0 Å². The smallest absolute Gasteiger partial charge is 0.326 e. The molecule has 1 aromatic heterocycles. The van der Waals surface area contributed by atoms with Gasteiger partial charge in [-0.1, -0.05) is 0 Å². The Kier molecular flexibility index (Phi) is 11.3. The highest BCUT2D eigenvalue weighted by atomic mass is 16.4. The highest BCUT2D eigenvalue weighted by Gasteiger charge is 2.33. The average molecular weight is 499 g/mol. The van der Waals surface area contributed by atoms with Crippen LogP contribution in [-0.2, 0) is 35.2 Å². The molecule has 5 atom stereocenters. The molecule has 16 nitrogen and oxygen atoms in total. The molecule has 4 amide bonds. The molecule has 1 rings (SSSR count). The summed E-state index contributed by atoms with van der Waals surface area (Å²) in [6.07, 6.45) is -0.456. The van der Waals surface area contributed by atoms with Gasteiger partial charge in [0.2, 0.25) is 23.6 Å². The molecule has 0 spiro atoms. The minimum absolute atomic E-state index is 0.190. The number of aromatic amines is 1. The Morgan fingerprint density at radius 2 is 1.66 bits per heavy atom. The molecule has 0 aromatic carbocycles. The number of primary amides is 1. The molecule has 1 heterocycles. The lowest BCUT2D eigenvalue weighted by Gasteiger charge is -2.26. The number of aliphatic carboxylic acids is 2. The molecule has 0 aliphatic carbocycles. The predicted molar refractivity (Wildman–Crippen MR) is 116 cm³/mol. The number of amides is 4. The Hall–Kier alpha value is -4.05. The van der Waals surface area contributed by atoms with Crippen molar-refractivity contribution < 1.29 is 44.1 Å². The van der Waals surface area contributed by atoms with Crippen molar-refractivity contribution >= 4 is 35.6 Å². The first kappa shape index (κ1) is 29.0. The number of nitrogens with two attached hydrogens (primary N) is 2. The molecule has 0 saturated carbocycles. The van der Waals surface area contributed by atoms with Gasteiger partial charge in [-0.05, 0) is 13.3 Å². The molecule has 0 radical (unpaired) electrons. The van der Waals surface area contributed by atoms with E-state index in [-0.39, 0.29) is 6.42 Å². The zero-order valence-electron chi connectivity index (χ0n) is 18.8. The van der Waals surface area contributed by atoms with Crippen LogP contribution in [0.15, 0.2) is 12.5 Å². The van der Waals surface area contributed by atoms with Crippen molar-refractivity contribution in [3.05, 3.63) is 18.2 Å². The SMILES string of the molecule is CC(O)C(NC(=O)C(N)CC(N)=O)C(=O)NC(Cc1cnc[nH]1)C(=O)NC(CCC(=O)O)C(=O)O. The van der Waals surface area contributed by atoms with Crippen molar-refractivity contribution in [3.63, 3.8) is 0 Å². The van der Waals surface area contributed by atoms with Crippen LogP contribution in [0.25, 0.3) is 0 Å². The molecule has 35 heavy (non-hydrogen) atoms. The molecular formula is C19H29N7O9. The number of nitrogens with zero attached hydrogens (tertiary/aromatic N) is 1. The number of carbonyl (C=O) groups excluding carboxylic acids is 4. The van der Waals surface area contributed by atoms with E-state index in [1.807, 2.05) is 0 Å². The van der Waals surface area contributed by atoms with Crippen LogP contribution in [-0.4, -0.2) is 91.1 Å². The Morgan fingerprint density at radius 3 is 2.14 bits per heavy atom. The Labute approximate surface area is 198 Å². The third kappa shape index (κ3) is 10.2. The van der Waals surface area contributed by atoms with Crippen LogP contribution in [0.4, 0.5) is 0 Å². The van der Waals surface area contributed by atoms with Gasteiger partial charge in [0.1, 0.15) is 18.1 Å². The van der Waals surface area contributed by atoms with Crippen LogP contribution in [0.5, 0.6) is 0 Å². The zero-order valence-corrected chi connectivity index (χ0v) is 18.8. The van der Waals surface area contributed by atoms with Crippen molar-refractivity contribution in [2.45, 2.75) is 62.9 Å². The number of aliphatic hydroxyl groups excluding tert-OH is 1. The van der Waals surface area contributed by atoms with E-state index in [4.69, 9.17) is 16.6 Å². The van der Waals surface area contributed by atoms with Gasteiger partial charge in [-0.3, -0.25) is 24.0 Å². The summed E-state index contributed by atoms with van der Waals surface area (Å²) in [6.45, 7) is 1.18. The van der Waals surface area contributed by atoms with Crippen molar-refractivity contribution in [1.29, 1.82) is 0 Å². The second-order valence-corrected chi connectivity index (χ2v) is 7.68. The van der Waals surface area contributed by atoms with Gasteiger partial charge in [0, 0.05) is 24.7 Å². The first-order valence-corrected chi connectivity index (χ1v) is 10.4. The van der Waals surface area contributed by atoms with Gasteiger partial charge >= 0.3 is 11.9 Å². The van der Waals surface area contributed by atoms with Crippen LogP contribution < -0.4 is 27.4 Å². The second-order valence-electron chi connectivity index (χ2n) is 7.68. The molecular weight excluding hydrogens is 470 g/mol. The number of carboxylic acid groups (broad SMARTS) is 2. The minimum Gasteiger partial charge on any atom is -0.481 e. The number of H-pyrrole nitrogens is 1. The molecule has 0 saturated heterocycles. The van der Waals surface area contributed by atoms with E-state index in [0.29, 0.717) is 5.69 Å². The van der Waals surface area contributed by atoms with Gasteiger partial charge in [0.25, 0.3) is 0 Å². The van der Waals surface area contributed by atoms with Gasteiger partial charge in [-0.2, -0.15) is 0 Å². The zero-order chi connectivity index (χ0) is 26.7. The second kappa shape index (κ2) is 13.6. The normalized spacial score (nSPS) is 15.1. The fourth-order valence-corrected chi connectivity index (χ4v) is 2.86. The van der Waals surface area contributed by atoms with Crippen LogP contribution in [0.3, 0.4) is 0 Å². The fourth-order valence-electron chi connectivity index (χ4n) is 2.86. The largest absolute Gasteiger partial charge is 0.481 e. The minimum atomic E-state index is -1.60. The van der Waals surface area contributed by atoms with Crippen molar-refractivity contribution in [1.82, 2.24) is 25.9 Å². The van der Waals surface area contributed by atoms with Gasteiger partial charge in [0.15, 0.2) is 0 Å². The van der Waals surface area contributed by atoms with Gasteiger partial charge < -0.3 is 47.7 Å². The van der Waals surface area contributed by atoms with Gasteiger partial charge in [-0.25, -0.2) is 9.78 Å². The average Bonchev–Trinajstić information content (AvgIpc) is 3.25. The van der Waals surface area contributed by atoms with Crippen molar-refractivity contribution in [3.8, 4) is 0 Å². The van der Waals surface area contributed by atoms with E-state index in [1.54, 1.807) is 0 Å². The lowest BCUT2D eigenvalue weighted by molar-refractivity contribution is -0.143. The standard InChI is InChI=1S/C19H29N7O9/c1-8(27)15(26-16(31)10(20)5-13(21)28)18(33)25-12(4-9-6-22-7-23-9)17(32)24-11(19(34)35)2-3-14(29)30/h6-8,10-12,15,27H,2-5,20H2,1H3,(H2,21,28)(H,22,23)(H,24,32)(H,25,33)(H,26,31)(H,29,30)(H,34,35). The lowest BCUT2D eigenvalue weighted by Crippen LogP contribution is -2.60. The van der Waals surface area contributed by atoms with E-state index in [1.165, 1.54) is 19.4 Å². The van der Waals surface area contributed by atoms with Crippen LogP contribution in [0.1, 0.15) is 31.9 Å². The molecule has 0 aliphatic rings. The Morgan fingerprint density at radius 1 is 1.03 bits per heavy atom. The van der Waals surface area contributed by atoms with Crippen LogP contribution >= 0.6 is 0 Å².